The van der Waals surface area contributed by atoms with E-state index >= 15 is 4.79 Å². The Labute approximate surface area is 427 Å². The predicted molar refractivity (Wildman–Crippen MR) is 266 cm³/mol. The number of halogens is 3. The van der Waals surface area contributed by atoms with E-state index in [1.165, 1.54) is 28.0 Å². The number of nitrogens with zero attached hydrogens (tertiary/aromatic N) is 7. The van der Waals surface area contributed by atoms with E-state index in [1.54, 1.807) is 37.4 Å². The fraction of sp³-hybridized carbons (Fsp3) is 0.623. The van der Waals surface area contributed by atoms with Crippen molar-refractivity contribution in [1.29, 1.82) is 0 Å². The van der Waals surface area contributed by atoms with E-state index in [4.69, 9.17) is 19.2 Å². The van der Waals surface area contributed by atoms with Crippen LogP contribution in [0.1, 0.15) is 94.5 Å². The summed E-state index contributed by atoms with van der Waals surface area (Å²) in [4.78, 5) is 73.5. The van der Waals surface area contributed by atoms with Crippen LogP contribution < -0.4 is 10.7 Å². The monoisotopic (exact) mass is 1030 g/mol. The van der Waals surface area contributed by atoms with Crippen LogP contribution in [0.3, 0.4) is 0 Å². The number of pyridine rings is 1. The van der Waals surface area contributed by atoms with Gasteiger partial charge in [-0.25, -0.2) is 10.4 Å². The highest BCUT2D eigenvalue weighted by atomic mass is 32.1. The number of hydrazine groups is 1. The van der Waals surface area contributed by atoms with Crippen molar-refractivity contribution in [3.8, 4) is 22.5 Å². The quantitative estimate of drug-likeness (QED) is 0.140. The number of hydrogen-bond acceptors (Lipinski definition) is 13. The summed E-state index contributed by atoms with van der Waals surface area (Å²) in [5.41, 5.74) is 5.39. The lowest BCUT2D eigenvalue weighted by atomic mass is 9.84. The van der Waals surface area contributed by atoms with Crippen LogP contribution >= 0.6 is 11.3 Å². The van der Waals surface area contributed by atoms with Crippen molar-refractivity contribution in [3.05, 3.63) is 58.2 Å². The van der Waals surface area contributed by atoms with Gasteiger partial charge in [0.05, 0.1) is 60.5 Å². The second-order valence-corrected chi connectivity index (χ2v) is 23.3. The van der Waals surface area contributed by atoms with Crippen LogP contribution in [0, 0.1) is 11.3 Å². The Morgan fingerprint density at radius 1 is 1.04 bits per heavy atom. The fourth-order valence-corrected chi connectivity index (χ4v) is 13.1. The van der Waals surface area contributed by atoms with Crippen LogP contribution in [0.25, 0.3) is 33.4 Å². The van der Waals surface area contributed by atoms with Gasteiger partial charge in [-0.2, -0.15) is 13.2 Å². The van der Waals surface area contributed by atoms with E-state index in [-0.39, 0.29) is 43.2 Å². The normalized spacial score (nSPS) is 26.6. The highest BCUT2D eigenvalue weighted by Gasteiger charge is 2.57. The largest absolute Gasteiger partial charge is 0.464 e. The van der Waals surface area contributed by atoms with Crippen LogP contribution in [0.4, 0.5) is 13.2 Å². The number of aromatic nitrogens is 3. The van der Waals surface area contributed by atoms with E-state index < -0.39 is 59.8 Å². The average Bonchev–Trinajstić information content (AvgIpc) is 4.24. The standard InChI is InChI=1S/C53H66F3N9O7S/c1-31(70-4)44-35(11-7-17-57-44)46-37-23-51(2,3)30-71-50(69)38-12-8-18-65(60-38)48(67)39(22-43-58-40(25-73-43)33-13-16-41(36(37)21-33)64(46)29-53(54,55)56)59-47(66)45(32-9-5-6-10-32)61-19-20-72-52(26-61)27-62(28-52)49(68)42-24-63(42)34-14-15-34/h7,11,13,16-17,21,25,31-32,34,38-39,42,45,60H,5-6,8-10,12,14-15,18-20,22-24,26-30H2,1-4H3,(H,59,66)/t31-,38-,39-,42+,45-,63?/m0/s1. The molecule has 73 heavy (non-hydrogen) atoms. The number of morpholine rings is 1. The van der Waals surface area contributed by atoms with Crippen molar-refractivity contribution in [2.24, 2.45) is 11.3 Å². The molecule has 11 rings (SSSR count). The molecule has 5 aliphatic heterocycles. The molecular weight excluding hydrogens is 964 g/mol. The lowest BCUT2D eigenvalue weighted by Crippen LogP contribution is -2.73. The summed E-state index contributed by atoms with van der Waals surface area (Å²) in [6.45, 7) is 7.86. The number of nitrogens with one attached hydrogen (secondary N) is 2. The van der Waals surface area contributed by atoms with Gasteiger partial charge in [-0.1, -0.05) is 32.8 Å². The summed E-state index contributed by atoms with van der Waals surface area (Å²) in [6, 6.07) is 6.87. The van der Waals surface area contributed by atoms with Crippen molar-refractivity contribution in [2.75, 3.05) is 59.6 Å². The number of benzene rings is 1. The minimum atomic E-state index is -4.58. The molecule has 4 saturated heterocycles. The molecule has 16 nitrogen and oxygen atoms in total. The fourth-order valence-electron chi connectivity index (χ4n) is 12.3. The Hall–Kier alpha value is -4.99. The molecular formula is C53H66F3N9O7S. The summed E-state index contributed by atoms with van der Waals surface area (Å²) in [5.74, 6) is -0.990. The van der Waals surface area contributed by atoms with E-state index in [0.717, 1.165) is 45.1 Å². The molecule has 7 aliphatic rings. The number of ether oxygens (including phenoxy) is 3. The number of thiazole rings is 1. The molecule has 1 unspecified atom stereocenters. The number of carbonyl (C=O) groups excluding carboxylic acids is 4. The molecule has 0 radical (unpaired) electrons. The van der Waals surface area contributed by atoms with Gasteiger partial charge in [0.15, 0.2) is 0 Å². The summed E-state index contributed by atoms with van der Waals surface area (Å²) in [5, 5.41) is 7.69. The molecule has 6 bridgehead atoms. The minimum absolute atomic E-state index is 0.0281. The molecule has 2 aliphatic carbocycles. The second-order valence-electron chi connectivity index (χ2n) is 22.4. The van der Waals surface area contributed by atoms with Crippen LogP contribution in [0.2, 0.25) is 0 Å². The van der Waals surface area contributed by atoms with Crippen molar-refractivity contribution >= 4 is 45.9 Å². The van der Waals surface area contributed by atoms with Gasteiger partial charge >= 0.3 is 12.1 Å². The van der Waals surface area contributed by atoms with Gasteiger partial charge in [0.2, 0.25) is 11.8 Å². The predicted octanol–water partition coefficient (Wildman–Crippen LogP) is 6.06. The number of rotatable bonds is 10. The maximum atomic E-state index is 15.1. The van der Waals surface area contributed by atoms with Crippen LogP contribution in [0.15, 0.2) is 41.9 Å². The van der Waals surface area contributed by atoms with E-state index in [0.29, 0.717) is 108 Å². The number of methoxy groups -OCH3 is 1. The SMILES string of the molecule is CO[C@@H](C)c1ncccc1-c1c2c3cc(ccc3n1CC(F)(F)F)-c1csc(n1)C[C@H](NC(=O)[C@H](C1CCCC1)N1CCOC3(CN(C(=O)[C@H]4CN4C4CC4)C3)C1)C(=O)N1CCC[C@H](N1)C(=O)OCC(C)(C)C2. The van der Waals surface area contributed by atoms with Gasteiger partial charge in [0, 0.05) is 84.8 Å². The first-order chi connectivity index (χ1) is 35.0. The Balaban J connectivity index is 0.926. The zero-order chi connectivity index (χ0) is 51.0. The van der Waals surface area contributed by atoms with Gasteiger partial charge < -0.3 is 29.0 Å². The van der Waals surface area contributed by atoms with Gasteiger partial charge in [-0.15, -0.1) is 11.3 Å². The van der Waals surface area contributed by atoms with Crippen LogP contribution in [-0.2, 0) is 52.8 Å². The summed E-state index contributed by atoms with van der Waals surface area (Å²) < 4.78 is 63.7. The number of esters is 1. The van der Waals surface area contributed by atoms with Gasteiger partial charge in [-0.05, 0) is 87.6 Å². The third kappa shape index (κ3) is 10.3. The third-order valence-electron chi connectivity index (χ3n) is 16.2. The summed E-state index contributed by atoms with van der Waals surface area (Å²) in [7, 11) is 1.53. The maximum absolute atomic E-state index is 15.1. The Kier molecular flexibility index (Phi) is 13.5. The van der Waals surface area contributed by atoms with E-state index in [1.807, 2.05) is 30.2 Å². The lowest BCUT2D eigenvalue weighted by molar-refractivity contribution is -0.198. The first kappa shape index (κ1) is 50.2. The zero-order valence-corrected chi connectivity index (χ0v) is 42.9. The lowest BCUT2D eigenvalue weighted by Gasteiger charge is -2.55. The molecule has 4 aromatic rings. The highest BCUT2D eigenvalue weighted by molar-refractivity contribution is 7.10. The van der Waals surface area contributed by atoms with Crippen molar-refractivity contribution in [3.63, 3.8) is 0 Å². The van der Waals surface area contributed by atoms with Gasteiger partial charge in [0.1, 0.15) is 30.3 Å². The Morgan fingerprint density at radius 2 is 1.84 bits per heavy atom. The molecule has 3 aromatic heterocycles. The highest BCUT2D eigenvalue weighted by Crippen LogP contribution is 2.44. The number of amides is 3. The number of alkyl halides is 3. The van der Waals surface area contributed by atoms with Crippen molar-refractivity contribution < 1.29 is 46.6 Å². The minimum Gasteiger partial charge on any atom is -0.464 e. The van der Waals surface area contributed by atoms with E-state index in [2.05, 4.69) is 25.5 Å². The summed E-state index contributed by atoms with van der Waals surface area (Å²) in [6.07, 6.45) is 3.74. The van der Waals surface area contributed by atoms with E-state index in [9.17, 15) is 27.6 Å². The van der Waals surface area contributed by atoms with Crippen LogP contribution in [0.5, 0.6) is 0 Å². The van der Waals surface area contributed by atoms with Gasteiger partial charge in [0.25, 0.3) is 5.91 Å². The Bertz CT molecular complexity index is 2770. The molecule has 2 N–H and O–H groups in total. The zero-order valence-electron chi connectivity index (χ0n) is 42.0. The smallest absolute Gasteiger partial charge is 0.406 e. The number of fused-ring (bicyclic) bond motifs is 6. The number of carbonyl (C=O) groups is 4. The number of hydrogen-bond donors (Lipinski definition) is 2. The molecule has 1 aromatic carbocycles. The molecule has 6 fully saturated rings. The number of likely N-dealkylation sites (tertiary alicyclic amines) is 1. The summed E-state index contributed by atoms with van der Waals surface area (Å²) >= 11 is 1.34. The topological polar surface area (TPSA) is 163 Å². The molecule has 1 spiro atoms. The van der Waals surface area contributed by atoms with Crippen molar-refractivity contribution in [2.45, 2.75) is 140 Å². The first-order valence-electron chi connectivity index (χ1n) is 26.1. The third-order valence-corrected chi connectivity index (χ3v) is 17.1. The first-order valence-corrected chi connectivity index (χ1v) is 27.0. The maximum Gasteiger partial charge on any atom is 0.406 e. The van der Waals surface area contributed by atoms with Crippen molar-refractivity contribution in [1.82, 2.24) is 45.0 Å². The molecule has 20 heteroatoms. The Morgan fingerprint density at radius 3 is 2.59 bits per heavy atom. The van der Waals surface area contributed by atoms with Crippen LogP contribution in [-0.4, -0.2) is 160 Å². The second kappa shape index (κ2) is 19.6. The number of cyclic esters (lactones) is 1. The molecule has 392 valence electrons. The molecule has 3 amide bonds. The molecule has 8 heterocycles. The average molecular weight is 1030 g/mol. The molecule has 6 atom stereocenters. The molecule has 2 saturated carbocycles. The van der Waals surface area contributed by atoms with Gasteiger partial charge in [-0.3, -0.25) is 39.0 Å².